The third-order valence-corrected chi connectivity index (χ3v) is 9.90. The van der Waals surface area contributed by atoms with Gasteiger partial charge in [0.1, 0.15) is 22.8 Å². The van der Waals surface area contributed by atoms with Crippen LogP contribution in [0.15, 0.2) is 65.6 Å². The lowest BCUT2D eigenvalue weighted by atomic mass is 9.54. The predicted molar refractivity (Wildman–Crippen MR) is 161 cm³/mol. The molecule has 6 atom stereocenters. The van der Waals surface area contributed by atoms with Gasteiger partial charge in [-0.2, -0.15) is 0 Å². The van der Waals surface area contributed by atoms with Crippen molar-refractivity contribution in [2.45, 2.75) is 30.6 Å². The Morgan fingerprint density at radius 1 is 1.09 bits per heavy atom. The highest BCUT2D eigenvalue weighted by Gasteiger charge is 2.68. The molecule has 0 aliphatic heterocycles. The average molecular weight is 619 g/mol. The van der Waals surface area contributed by atoms with Crippen molar-refractivity contribution >= 4 is 45.4 Å². The number of phenolic OH excluding ortho intramolecular Hbond substituents is 1. The number of nitrogens with two attached hydrogens (primary N) is 1. The van der Waals surface area contributed by atoms with Crippen molar-refractivity contribution in [2.24, 2.45) is 17.6 Å². The van der Waals surface area contributed by atoms with Gasteiger partial charge in [0.2, 0.25) is 5.78 Å². The number of aliphatic hydroxyl groups excluding tert-OH is 3. The van der Waals surface area contributed by atoms with Crippen LogP contribution in [0.1, 0.15) is 24.0 Å². The second kappa shape index (κ2) is 10.3. The molecule has 228 valence electrons. The van der Waals surface area contributed by atoms with E-state index in [0.29, 0.717) is 10.7 Å². The SMILES string of the molecule is C[C@@H]1c2ccc(Nc3ncc(-c4ccccc4)s3)c(O)c2C(O)=C2C(=O)[C@@]3(O)C(O)=C(C(N)=O)C(=O)[C@H](N(C)C)[C@H]3[C@H](O)[C@H]21. The molecule has 3 aliphatic rings. The summed E-state index contributed by atoms with van der Waals surface area (Å²) in [6.45, 7) is 1.68. The predicted octanol–water partition coefficient (Wildman–Crippen LogP) is 2.36. The van der Waals surface area contributed by atoms with Crippen LogP contribution in [0.25, 0.3) is 16.2 Å². The molecule has 0 bridgehead atoms. The van der Waals surface area contributed by atoms with Gasteiger partial charge in [0, 0.05) is 17.7 Å². The molecule has 0 saturated heterocycles. The molecular weight excluding hydrogens is 588 g/mol. The van der Waals surface area contributed by atoms with Gasteiger partial charge in [-0.05, 0) is 37.2 Å². The number of amides is 1. The molecule has 44 heavy (non-hydrogen) atoms. The number of nitrogens with zero attached hydrogens (tertiary/aromatic N) is 2. The Balaban J connectivity index is 1.47. The minimum atomic E-state index is -2.97. The number of rotatable bonds is 5. The van der Waals surface area contributed by atoms with Crippen LogP contribution >= 0.6 is 11.3 Å². The fourth-order valence-electron chi connectivity index (χ4n) is 6.90. The minimum Gasteiger partial charge on any atom is -0.508 e. The number of likely N-dealkylation sites (N-methyl/N-ethyl adjacent to an activating group) is 1. The molecule has 3 aromatic rings. The number of Topliss-reactive ketones (excluding diaryl/α,β-unsaturated/α-hetero) is 2. The number of hydrogen-bond donors (Lipinski definition) is 7. The zero-order chi connectivity index (χ0) is 31.8. The molecule has 8 N–H and O–H groups in total. The van der Waals surface area contributed by atoms with E-state index in [0.717, 1.165) is 10.4 Å². The fourth-order valence-corrected chi connectivity index (χ4v) is 7.73. The van der Waals surface area contributed by atoms with Crippen molar-refractivity contribution in [3.63, 3.8) is 0 Å². The van der Waals surface area contributed by atoms with Gasteiger partial charge in [0.25, 0.3) is 5.91 Å². The molecule has 0 radical (unpaired) electrons. The average Bonchev–Trinajstić information content (AvgIpc) is 3.45. The highest BCUT2D eigenvalue weighted by atomic mass is 32.1. The van der Waals surface area contributed by atoms with E-state index in [4.69, 9.17) is 5.73 Å². The smallest absolute Gasteiger partial charge is 0.255 e. The molecular formula is C31H30N4O8S. The van der Waals surface area contributed by atoms with Crippen LogP contribution in [0.2, 0.25) is 0 Å². The molecule has 0 spiro atoms. The van der Waals surface area contributed by atoms with Crippen molar-refractivity contribution in [2.75, 3.05) is 19.4 Å². The first-order chi connectivity index (χ1) is 20.8. The zero-order valence-corrected chi connectivity index (χ0v) is 24.7. The van der Waals surface area contributed by atoms with Crippen LogP contribution in [0.4, 0.5) is 10.8 Å². The Morgan fingerprint density at radius 3 is 2.41 bits per heavy atom. The lowest BCUT2D eigenvalue weighted by molar-refractivity contribution is -0.169. The van der Waals surface area contributed by atoms with Gasteiger partial charge in [-0.25, -0.2) is 4.98 Å². The largest absolute Gasteiger partial charge is 0.508 e. The van der Waals surface area contributed by atoms with E-state index >= 15 is 0 Å². The molecule has 13 heteroatoms. The number of anilines is 2. The Morgan fingerprint density at radius 2 is 1.77 bits per heavy atom. The number of aromatic nitrogens is 1. The first kappa shape index (κ1) is 29.5. The first-order valence-corrected chi connectivity index (χ1v) is 14.6. The van der Waals surface area contributed by atoms with E-state index in [1.807, 2.05) is 30.3 Å². The van der Waals surface area contributed by atoms with Crippen LogP contribution in [0, 0.1) is 11.8 Å². The number of ketones is 2. The van der Waals surface area contributed by atoms with Gasteiger partial charge >= 0.3 is 0 Å². The summed E-state index contributed by atoms with van der Waals surface area (Å²) in [5, 5.41) is 61.0. The lowest BCUT2D eigenvalue weighted by Gasteiger charge is -2.53. The standard InChI is InChI=1S/C31H30N4O8S/c1-12-14-9-10-15(34-30-33-11-16(44-30)13-7-5-4-6-8-13)23(36)18(14)24(37)19-17(12)25(38)21-22(35(2)3)26(39)20(29(32)42)28(41)31(21,43)27(19)40/h4-12,17,21-22,25,36-38,41,43H,1-3H3,(H2,32,42)(H,33,34)/t12-,17+,21+,22-,25-,31-/m1/s1. The maximum Gasteiger partial charge on any atom is 0.255 e. The van der Waals surface area contributed by atoms with E-state index < -0.39 is 81.4 Å². The summed E-state index contributed by atoms with van der Waals surface area (Å²) in [6.07, 6.45) is 0.0249. The number of hydrogen-bond acceptors (Lipinski definition) is 12. The van der Waals surface area contributed by atoms with Gasteiger partial charge in [0.15, 0.2) is 16.5 Å². The van der Waals surface area contributed by atoms with E-state index in [9.17, 15) is 39.9 Å². The summed E-state index contributed by atoms with van der Waals surface area (Å²) in [7, 11) is 2.92. The monoisotopic (exact) mass is 618 g/mol. The summed E-state index contributed by atoms with van der Waals surface area (Å²) in [6, 6.07) is 11.4. The number of benzene rings is 2. The van der Waals surface area contributed by atoms with Crippen LogP contribution in [-0.2, 0) is 14.4 Å². The second-order valence-corrected chi connectivity index (χ2v) is 12.5. The Bertz CT molecular complexity index is 1800. The number of aliphatic hydroxyl groups is 4. The summed E-state index contributed by atoms with van der Waals surface area (Å²) < 4.78 is 0. The molecule has 1 saturated carbocycles. The topological polar surface area (TPSA) is 207 Å². The number of fused-ring (bicyclic) bond motifs is 3. The molecule has 6 rings (SSSR count). The van der Waals surface area contributed by atoms with Crippen molar-refractivity contribution in [1.82, 2.24) is 9.88 Å². The molecule has 1 amide bonds. The number of thiazole rings is 1. The van der Waals surface area contributed by atoms with E-state index in [1.54, 1.807) is 25.3 Å². The Hall–Kier alpha value is -4.56. The highest BCUT2D eigenvalue weighted by Crippen LogP contribution is 2.56. The quantitative estimate of drug-likeness (QED) is 0.163. The van der Waals surface area contributed by atoms with Crippen LogP contribution < -0.4 is 11.1 Å². The number of carbonyl (C=O) groups is 3. The van der Waals surface area contributed by atoms with Crippen LogP contribution in [0.3, 0.4) is 0 Å². The lowest BCUT2D eigenvalue weighted by Crippen LogP contribution is -2.70. The summed E-state index contributed by atoms with van der Waals surface area (Å²) in [5.41, 5.74) is 2.41. The molecule has 12 nitrogen and oxygen atoms in total. The minimum absolute atomic E-state index is 0.106. The maximum atomic E-state index is 14.1. The third-order valence-electron chi connectivity index (χ3n) is 8.94. The summed E-state index contributed by atoms with van der Waals surface area (Å²) in [4.78, 5) is 46.2. The molecule has 2 aromatic carbocycles. The normalized spacial score (nSPS) is 28.1. The molecule has 0 unspecified atom stereocenters. The van der Waals surface area contributed by atoms with Crippen LogP contribution in [-0.4, -0.2) is 84.7 Å². The Kier molecular flexibility index (Phi) is 6.89. The molecule has 1 fully saturated rings. The van der Waals surface area contributed by atoms with Crippen molar-refractivity contribution in [1.29, 1.82) is 0 Å². The van der Waals surface area contributed by atoms with Gasteiger partial charge < -0.3 is 36.6 Å². The van der Waals surface area contributed by atoms with Crippen molar-refractivity contribution in [3.05, 3.63) is 76.7 Å². The van der Waals surface area contributed by atoms with E-state index in [2.05, 4.69) is 10.3 Å². The van der Waals surface area contributed by atoms with E-state index in [1.165, 1.54) is 30.3 Å². The van der Waals surface area contributed by atoms with Crippen molar-refractivity contribution in [3.8, 4) is 16.2 Å². The number of nitrogens with one attached hydrogen (secondary N) is 1. The van der Waals surface area contributed by atoms with Gasteiger partial charge in [-0.3, -0.25) is 19.3 Å². The number of primary amides is 1. The summed E-state index contributed by atoms with van der Waals surface area (Å²) >= 11 is 1.33. The van der Waals surface area contributed by atoms with Gasteiger partial charge in [-0.1, -0.05) is 54.7 Å². The first-order valence-electron chi connectivity index (χ1n) is 13.8. The zero-order valence-electron chi connectivity index (χ0n) is 23.8. The Labute approximate surface area is 255 Å². The third kappa shape index (κ3) is 4.00. The maximum absolute atomic E-state index is 14.1. The summed E-state index contributed by atoms with van der Waals surface area (Å²) in [5.74, 6) is -9.37. The van der Waals surface area contributed by atoms with Crippen LogP contribution in [0.5, 0.6) is 5.75 Å². The van der Waals surface area contributed by atoms with Crippen molar-refractivity contribution < 1.29 is 39.9 Å². The number of aromatic hydroxyl groups is 1. The highest BCUT2D eigenvalue weighted by molar-refractivity contribution is 7.18. The number of carbonyl (C=O) groups excluding carboxylic acids is 3. The van der Waals surface area contributed by atoms with Gasteiger partial charge in [-0.15, -0.1) is 0 Å². The van der Waals surface area contributed by atoms with Gasteiger partial charge in [0.05, 0.1) is 34.2 Å². The molecule has 1 aromatic heterocycles. The molecule has 3 aliphatic carbocycles. The second-order valence-electron chi connectivity index (χ2n) is 11.5. The number of phenols is 1. The van der Waals surface area contributed by atoms with E-state index in [-0.39, 0.29) is 11.3 Å². The molecule has 1 heterocycles. The fraction of sp³-hybridized carbons (Fsp3) is 0.290.